The largest absolute Gasteiger partial charge is 0.332 e. The number of rotatable bonds is 3. The third-order valence-electron chi connectivity index (χ3n) is 3.84. The maximum absolute atomic E-state index is 12.4. The molecule has 1 aromatic rings. The van der Waals surface area contributed by atoms with Gasteiger partial charge in [-0.3, -0.25) is 0 Å². The van der Waals surface area contributed by atoms with Crippen molar-refractivity contribution in [2.75, 3.05) is 7.05 Å². The molecule has 0 atom stereocenters. The fraction of sp³-hybridized carbons (Fsp3) is 0.750. The maximum atomic E-state index is 12.4. The Balaban J connectivity index is 2.15. The summed E-state index contributed by atoms with van der Waals surface area (Å²) in [6.07, 6.45) is 5.50. The van der Waals surface area contributed by atoms with Crippen LogP contribution in [0, 0.1) is 12.8 Å². The Hall–Kier alpha value is -0.880. The second-order valence-electron chi connectivity index (χ2n) is 5.27. The molecule has 1 aromatic heterocycles. The van der Waals surface area contributed by atoms with Crippen LogP contribution < -0.4 is 0 Å². The van der Waals surface area contributed by atoms with E-state index in [1.807, 2.05) is 0 Å². The standard InChI is InChI=1S/C12H21N3O2S/c1-9-4-6-11(7-5-9)15(3)18(16,17)12-8-13-10(2)14-12/h8-9,11H,4-7H2,1-3H3,(H,13,14). The highest BCUT2D eigenvalue weighted by atomic mass is 32.2. The fourth-order valence-electron chi connectivity index (χ4n) is 2.49. The SMILES string of the molecule is Cc1ncc(S(=O)(=O)N(C)C2CCC(C)CC2)[nH]1. The van der Waals surface area contributed by atoms with Gasteiger partial charge in [0.15, 0.2) is 5.03 Å². The molecule has 5 nitrogen and oxygen atoms in total. The predicted molar refractivity (Wildman–Crippen MR) is 69.7 cm³/mol. The summed E-state index contributed by atoms with van der Waals surface area (Å²) in [5.41, 5.74) is 0. The van der Waals surface area contributed by atoms with Crippen LogP contribution in [0.15, 0.2) is 11.2 Å². The first kappa shape index (κ1) is 13.5. The number of nitrogens with one attached hydrogen (secondary N) is 1. The van der Waals surface area contributed by atoms with E-state index in [9.17, 15) is 8.42 Å². The number of aromatic amines is 1. The number of H-pyrrole nitrogens is 1. The molecule has 1 saturated carbocycles. The smallest absolute Gasteiger partial charge is 0.260 e. The molecular weight excluding hydrogens is 250 g/mol. The van der Waals surface area contributed by atoms with E-state index in [0.717, 1.165) is 25.7 Å². The van der Waals surface area contributed by atoms with E-state index in [4.69, 9.17) is 0 Å². The summed E-state index contributed by atoms with van der Waals surface area (Å²) in [6.45, 7) is 3.98. The normalized spacial score (nSPS) is 25.6. The minimum atomic E-state index is -3.42. The number of imidazole rings is 1. The van der Waals surface area contributed by atoms with Gasteiger partial charge in [-0.2, -0.15) is 4.31 Å². The number of hydrogen-bond acceptors (Lipinski definition) is 3. The second-order valence-corrected chi connectivity index (χ2v) is 7.23. The van der Waals surface area contributed by atoms with E-state index in [-0.39, 0.29) is 11.1 Å². The summed E-state index contributed by atoms with van der Waals surface area (Å²) in [7, 11) is -1.75. The summed E-state index contributed by atoms with van der Waals surface area (Å²) in [5, 5.41) is 0.195. The molecule has 0 unspecified atom stereocenters. The van der Waals surface area contributed by atoms with Gasteiger partial charge < -0.3 is 4.98 Å². The van der Waals surface area contributed by atoms with Crippen LogP contribution in [0.1, 0.15) is 38.4 Å². The van der Waals surface area contributed by atoms with Crippen molar-refractivity contribution in [1.82, 2.24) is 14.3 Å². The van der Waals surface area contributed by atoms with Crippen molar-refractivity contribution < 1.29 is 8.42 Å². The Labute approximate surface area is 109 Å². The van der Waals surface area contributed by atoms with Crippen LogP contribution in [0.3, 0.4) is 0 Å². The number of sulfonamides is 1. The molecule has 1 heterocycles. The van der Waals surface area contributed by atoms with Gasteiger partial charge >= 0.3 is 0 Å². The minimum Gasteiger partial charge on any atom is -0.332 e. The van der Waals surface area contributed by atoms with Crippen LogP contribution in [0.2, 0.25) is 0 Å². The molecule has 1 fully saturated rings. The van der Waals surface area contributed by atoms with Crippen LogP contribution in [0.5, 0.6) is 0 Å². The Morgan fingerprint density at radius 3 is 2.44 bits per heavy atom. The van der Waals surface area contributed by atoms with Gasteiger partial charge in [-0.1, -0.05) is 6.92 Å². The van der Waals surface area contributed by atoms with E-state index in [2.05, 4.69) is 16.9 Å². The molecule has 1 aliphatic rings. The highest BCUT2D eigenvalue weighted by molar-refractivity contribution is 7.89. The molecule has 1 aliphatic carbocycles. The van der Waals surface area contributed by atoms with Gasteiger partial charge in [-0.05, 0) is 38.5 Å². The molecule has 18 heavy (non-hydrogen) atoms. The van der Waals surface area contributed by atoms with Crippen molar-refractivity contribution in [1.29, 1.82) is 0 Å². The van der Waals surface area contributed by atoms with Gasteiger partial charge in [0.2, 0.25) is 0 Å². The van der Waals surface area contributed by atoms with Gasteiger partial charge in [0.25, 0.3) is 10.0 Å². The van der Waals surface area contributed by atoms with Crippen molar-refractivity contribution in [3.05, 3.63) is 12.0 Å². The van der Waals surface area contributed by atoms with E-state index >= 15 is 0 Å². The molecule has 102 valence electrons. The molecule has 0 aromatic carbocycles. The lowest BCUT2D eigenvalue weighted by atomic mass is 9.87. The highest BCUT2D eigenvalue weighted by Gasteiger charge is 2.31. The van der Waals surface area contributed by atoms with Gasteiger partial charge in [0, 0.05) is 13.1 Å². The van der Waals surface area contributed by atoms with Crippen LogP contribution in [0.25, 0.3) is 0 Å². The molecule has 0 aliphatic heterocycles. The topological polar surface area (TPSA) is 66.1 Å². The van der Waals surface area contributed by atoms with E-state index in [1.165, 1.54) is 10.5 Å². The van der Waals surface area contributed by atoms with Gasteiger partial charge in [0.05, 0.1) is 6.20 Å². The zero-order valence-corrected chi connectivity index (χ0v) is 12.0. The lowest BCUT2D eigenvalue weighted by Gasteiger charge is -2.32. The predicted octanol–water partition coefficient (Wildman–Crippen LogP) is 1.92. The van der Waals surface area contributed by atoms with Crippen molar-refractivity contribution in [3.63, 3.8) is 0 Å². The zero-order chi connectivity index (χ0) is 13.3. The van der Waals surface area contributed by atoms with Crippen molar-refractivity contribution in [3.8, 4) is 0 Å². The van der Waals surface area contributed by atoms with Crippen molar-refractivity contribution in [2.24, 2.45) is 5.92 Å². The Kier molecular flexibility index (Phi) is 3.77. The Bertz CT molecular complexity index is 501. The number of aryl methyl sites for hydroxylation is 1. The van der Waals surface area contributed by atoms with Crippen LogP contribution >= 0.6 is 0 Å². The molecule has 0 saturated heterocycles. The van der Waals surface area contributed by atoms with Crippen molar-refractivity contribution >= 4 is 10.0 Å². The van der Waals surface area contributed by atoms with Crippen LogP contribution in [-0.4, -0.2) is 35.8 Å². The number of hydrogen-bond donors (Lipinski definition) is 1. The number of nitrogens with zero attached hydrogens (tertiary/aromatic N) is 2. The third kappa shape index (κ3) is 2.59. The second kappa shape index (κ2) is 5.01. The fourth-order valence-corrected chi connectivity index (χ4v) is 3.86. The molecular formula is C12H21N3O2S. The zero-order valence-electron chi connectivity index (χ0n) is 11.2. The first-order valence-electron chi connectivity index (χ1n) is 6.41. The van der Waals surface area contributed by atoms with E-state index in [1.54, 1.807) is 14.0 Å². The van der Waals surface area contributed by atoms with Crippen LogP contribution in [-0.2, 0) is 10.0 Å². The third-order valence-corrected chi connectivity index (χ3v) is 5.66. The van der Waals surface area contributed by atoms with Crippen LogP contribution in [0.4, 0.5) is 0 Å². The summed E-state index contributed by atoms with van der Waals surface area (Å²) in [5.74, 6) is 1.34. The Morgan fingerprint density at radius 2 is 1.94 bits per heavy atom. The molecule has 0 amide bonds. The summed E-state index contributed by atoms with van der Waals surface area (Å²) in [4.78, 5) is 6.77. The molecule has 0 radical (unpaired) electrons. The summed E-state index contributed by atoms with van der Waals surface area (Å²) in [6, 6.07) is 0.120. The summed E-state index contributed by atoms with van der Waals surface area (Å²) >= 11 is 0. The van der Waals surface area contributed by atoms with Gasteiger partial charge in [-0.25, -0.2) is 13.4 Å². The molecule has 1 N–H and O–H groups in total. The van der Waals surface area contributed by atoms with E-state index < -0.39 is 10.0 Å². The quantitative estimate of drug-likeness (QED) is 0.913. The maximum Gasteiger partial charge on any atom is 0.260 e. The lowest BCUT2D eigenvalue weighted by molar-refractivity contribution is 0.245. The molecule has 2 rings (SSSR count). The number of aromatic nitrogens is 2. The highest BCUT2D eigenvalue weighted by Crippen LogP contribution is 2.29. The molecule has 6 heteroatoms. The Morgan fingerprint density at radius 1 is 1.33 bits per heavy atom. The molecule has 0 bridgehead atoms. The van der Waals surface area contributed by atoms with Crippen molar-refractivity contribution in [2.45, 2.75) is 50.6 Å². The average Bonchev–Trinajstić information content (AvgIpc) is 2.76. The van der Waals surface area contributed by atoms with Gasteiger partial charge in [-0.15, -0.1) is 0 Å². The first-order chi connectivity index (χ1) is 8.41. The average molecular weight is 271 g/mol. The lowest BCUT2D eigenvalue weighted by Crippen LogP contribution is -2.39. The van der Waals surface area contributed by atoms with E-state index in [0.29, 0.717) is 11.7 Å². The monoisotopic (exact) mass is 271 g/mol. The summed E-state index contributed by atoms with van der Waals surface area (Å²) < 4.78 is 26.3. The minimum absolute atomic E-state index is 0.120. The van der Waals surface area contributed by atoms with Gasteiger partial charge in [0.1, 0.15) is 5.82 Å². The molecule has 0 spiro atoms. The first-order valence-corrected chi connectivity index (χ1v) is 7.85.